The maximum Gasteiger partial charge on any atom is 0.471 e. The number of aryl methyl sites for hydroxylation is 1. The van der Waals surface area contributed by atoms with Gasteiger partial charge in [-0.2, -0.15) is 13.2 Å². The van der Waals surface area contributed by atoms with E-state index < -0.39 is 12.1 Å². The zero-order chi connectivity index (χ0) is 24.8. The summed E-state index contributed by atoms with van der Waals surface area (Å²) in [5.74, 6) is -1.66. The van der Waals surface area contributed by atoms with E-state index in [1.54, 1.807) is 5.32 Å². The van der Waals surface area contributed by atoms with Crippen molar-refractivity contribution in [2.45, 2.75) is 50.9 Å². The van der Waals surface area contributed by atoms with Gasteiger partial charge in [0.25, 0.3) is 5.91 Å². The molecule has 1 aliphatic carbocycles. The van der Waals surface area contributed by atoms with Crippen LogP contribution in [0.15, 0.2) is 42.5 Å². The average Bonchev–Trinajstić information content (AvgIpc) is 2.84. The van der Waals surface area contributed by atoms with Crippen LogP contribution in [0.5, 0.6) is 0 Å². The fourth-order valence-corrected chi connectivity index (χ4v) is 4.59. The third-order valence-electron chi connectivity index (χ3n) is 6.60. The number of hydrogen-bond acceptors (Lipinski definition) is 4. The van der Waals surface area contributed by atoms with Gasteiger partial charge in [0.15, 0.2) is 0 Å². The second kappa shape index (κ2) is 11.2. The number of fused-ring (bicyclic) bond motifs is 1. The molecule has 3 N–H and O–H groups in total. The molecule has 0 bridgehead atoms. The second-order valence-electron chi connectivity index (χ2n) is 9.23. The Hall–Kier alpha value is -2.91. The minimum absolute atomic E-state index is 0.0166. The molecule has 1 heterocycles. The summed E-state index contributed by atoms with van der Waals surface area (Å²) >= 11 is 0. The lowest BCUT2D eigenvalue weighted by Crippen LogP contribution is -2.38. The van der Waals surface area contributed by atoms with Crippen LogP contribution >= 0.6 is 0 Å². The molecule has 0 radical (unpaired) electrons. The smallest absolute Gasteiger partial charge is 0.381 e. The van der Waals surface area contributed by atoms with E-state index in [1.807, 2.05) is 0 Å². The molecular weight excluding hydrogens is 459 g/mol. The largest absolute Gasteiger partial charge is 0.471 e. The summed E-state index contributed by atoms with van der Waals surface area (Å²) in [4.78, 5) is 23.7. The Kier molecular flexibility index (Phi) is 8.07. The fraction of sp³-hybridized carbons (Fsp3) is 0.462. The zero-order valence-electron chi connectivity index (χ0n) is 19.4. The minimum atomic E-state index is -4.96. The van der Waals surface area contributed by atoms with E-state index in [0.29, 0.717) is 11.5 Å². The molecule has 9 heteroatoms. The monoisotopic (exact) mass is 489 g/mol. The highest BCUT2D eigenvalue weighted by atomic mass is 19.4. The van der Waals surface area contributed by atoms with Crippen LogP contribution in [0, 0.1) is 5.92 Å². The molecule has 1 saturated heterocycles. The van der Waals surface area contributed by atoms with E-state index in [9.17, 15) is 22.8 Å². The van der Waals surface area contributed by atoms with Crippen molar-refractivity contribution < 1.29 is 27.5 Å². The van der Waals surface area contributed by atoms with Crippen LogP contribution < -0.4 is 16.0 Å². The van der Waals surface area contributed by atoms with Crippen molar-refractivity contribution in [1.29, 1.82) is 0 Å². The van der Waals surface area contributed by atoms with Gasteiger partial charge < -0.3 is 20.7 Å². The number of carbonyl (C=O) groups is 2. The van der Waals surface area contributed by atoms with Crippen LogP contribution in [0.4, 0.5) is 18.9 Å². The topological polar surface area (TPSA) is 79.5 Å². The molecule has 2 aromatic carbocycles. The number of amides is 2. The molecule has 2 amide bonds. The van der Waals surface area contributed by atoms with E-state index >= 15 is 0 Å². The number of ether oxygens (including phenoxy) is 1. The normalized spacial score (nSPS) is 18.5. The van der Waals surface area contributed by atoms with Crippen molar-refractivity contribution in [2.75, 3.05) is 25.1 Å². The third-order valence-corrected chi connectivity index (χ3v) is 6.60. The Morgan fingerprint density at radius 1 is 0.971 bits per heavy atom. The molecule has 0 aromatic heterocycles. The van der Waals surface area contributed by atoms with Crippen LogP contribution in [-0.4, -0.2) is 43.8 Å². The fourth-order valence-electron chi connectivity index (χ4n) is 4.59. The molecular formula is C26H30F3N3O3. The van der Waals surface area contributed by atoms with Gasteiger partial charge in [0.2, 0.25) is 0 Å². The highest BCUT2D eigenvalue weighted by Crippen LogP contribution is 2.24. The van der Waals surface area contributed by atoms with Crippen LogP contribution in [0.1, 0.15) is 46.3 Å². The molecule has 6 nitrogen and oxygen atoms in total. The first-order valence-electron chi connectivity index (χ1n) is 12.0. The number of hydrogen-bond donors (Lipinski definition) is 3. The van der Waals surface area contributed by atoms with Gasteiger partial charge in [-0.15, -0.1) is 0 Å². The summed E-state index contributed by atoms with van der Waals surface area (Å²) in [5, 5.41) is 8.35. The van der Waals surface area contributed by atoms with Crippen molar-refractivity contribution in [3.8, 4) is 0 Å². The number of halogens is 3. The van der Waals surface area contributed by atoms with Crippen molar-refractivity contribution >= 4 is 17.5 Å². The summed E-state index contributed by atoms with van der Waals surface area (Å²) < 4.78 is 42.5. The quantitative estimate of drug-likeness (QED) is 0.550. The maximum atomic E-state index is 12.6. The molecule has 0 spiro atoms. The van der Waals surface area contributed by atoms with E-state index in [-0.39, 0.29) is 17.6 Å². The molecule has 0 saturated carbocycles. The molecule has 188 valence electrons. The molecule has 0 unspecified atom stereocenters. The van der Waals surface area contributed by atoms with E-state index in [4.69, 9.17) is 4.74 Å². The van der Waals surface area contributed by atoms with Crippen molar-refractivity contribution in [2.24, 2.45) is 5.92 Å². The summed E-state index contributed by atoms with van der Waals surface area (Å²) in [7, 11) is 0. The molecule has 1 atom stereocenters. The first-order valence-corrected chi connectivity index (χ1v) is 12.0. The SMILES string of the molecule is O=C(N[C@H]1CCc2cc(CNCC3CCOCC3)ccc2C1)c1ccc(NC(=O)C(F)(F)F)cc1. The van der Waals surface area contributed by atoms with Crippen LogP contribution in [-0.2, 0) is 28.9 Å². The van der Waals surface area contributed by atoms with Gasteiger partial charge in [-0.05, 0) is 85.5 Å². The molecule has 4 rings (SSSR count). The number of nitrogens with one attached hydrogen (secondary N) is 3. The summed E-state index contributed by atoms with van der Waals surface area (Å²) in [6.07, 6.45) is -0.314. The highest BCUT2D eigenvalue weighted by molar-refractivity contribution is 5.97. The summed E-state index contributed by atoms with van der Waals surface area (Å²) in [5.41, 5.74) is 4.10. The summed E-state index contributed by atoms with van der Waals surface area (Å²) in [6, 6.07) is 11.9. The molecule has 2 aromatic rings. The lowest BCUT2D eigenvalue weighted by Gasteiger charge is -2.26. The van der Waals surface area contributed by atoms with Crippen molar-refractivity contribution in [3.63, 3.8) is 0 Å². The maximum absolute atomic E-state index is 12.6. The van der Waals surface area contributed by atoms with Crippen molar-refractivity contribution in [1.82, 2.24) is 10.6 Å². The number of alkyl halides is 3. The van der Waals surface area contributed by atoms with Gasteiger partial charge in [0, 0.05) is 37.1 Å². The Balaban J connectivity index is 1.26. The van der Waals surface area contributed by atoms with Gasteiger partial charge in [-0.3, -0.25) is 9.59 Å². The van der Waals surface area contributed by atoms with E-state index in [2.05, 4.69) is 28.8 Å². The number of carbonyl (C=O) groups excluding carboxylic acids is 2. The lowest BCUT2D eigenvalue weighted by atomic mass is 9.87. The predicted octanol–water partition coefficient (Wildman–Crippen LogP) is 3.99. The van der Waals surface area contributed by atoms with Crippen molar-refractivity contribution in [3.05, 3.63) is 64.7 Å². The zero-order valence-corrected chi connectivity index (χ0v) is 19.4. The van der Waals surface area contributed by atoms with Crippen LogP contribution in [0.2, 0.25) is 0 Å². The van der Waals surface area contributed by atoms with E-state index in [0.717, 1.165) is 58.4 Å². The molecule has 1 aliphatic heterocycles. The molecule has 35 heavy (non-hydrogen) atoms. The predicted molar refractivity (Wildman–Crippen MR) is 126 cm³/mol. The molecule has 1 fully saturated rings. The van der Waals surface area contributed by atoms with Gasteiger partial charge in [-0.25, -0.2) is 0 Å². The Morgan fingerprint density at radius 3 is 2.43 bits per heavy atom. The first kappa shape index (κ1) is 25.2. The number of benzene rings is 2. The average molecular weight is 490 g/mol. The number of rotatable bonds is 7. The van der Waals surface area contributed by atoms with Gasteiger partial charge >= 0.3 is 12.1 Å². The molecule has 2 aliphatic rings. The number of anilines is 1. The standard InChI is InChI=1S/C26H30F3N3O3/c27-26(28,29)25(34)32-22-6-3-19(4-7-22)24(33)31-23-8-5-20-13-18(1-2-21(20)14-23)16-30-15-17-9-11-35-12-10-17/h1-4,6-7,13,17,23,30H,5,8-12,14-16H2,(H,31,33)(H,32,34)/t23-/m0/s1. The Bertz CT molecular complexity index is 1030. The summed E-state index contributed by atoms with van der Waals surface area (Å²) in [6.45, 7) is 3.55. The highest BCUT2D eigenvalue weighted by Gasteiger charge is 2.38. The Labute approximate surface area is 202 Å². The van der Waals surface area contributed by atoms with Crippen LogP contribution in [0.3, 0.4) is 0 Å². The van der Waals surface area contributed by atoms with Gasteiger partial charge in [0.05, 0.1) is 0 Å². The van der Waals surface area contributed by atoms with Gasteiger partial charge in [-0.1, -0.05) is 18.2 Å². The lowest BCUT2D eigenvalue weighted by molar-refractivity contribution is -0.167. The van der Waals surface area contributed by atoms with Gasteiger partial charge in [0.1, 0.15) is 0 Å². The Morgan fingerprint density at radius 2 is 1.71 bits per heavy atom. The van der Waals surface area contributed by atoms with Crippen LogP contribution in [0.25, 0.3) is 0 Å². The van der Waals surface area contributed by atoms with E-state index in [1.165, 1.54) is 41.0 Å². The first-order chi connectivity index (χ1) is 16.8. The minimum Gasteiger partial charge on any atom is -0.381 e. The second-order valence-corrected chi connectivity index (χ2v) is 9.23. The third kappa shape index (κ3) is 7.05.